The summed E-state index contributed by atoms with van der Waals surface area (Å²) in [6.07, 6.45) is 0.949. The second-order valence-electron chi connectivity index (χ2n) is 6.36. The maximum atomic E-state index is 12.7. The average Bonchev–Trinajstić information content (AvgIpc) is 3.17. The Labute approximate surface area is 167 Å². The molecule has 1 aromatic heterocycles. The van der Waals surface area contributed by atoms with Crippen LogP contribution in [0.3, 0.4) is 0 Å². The lowest BCUT2D eigenvalue weighted by atomic mass is 10.1. The number of nitrogens with one attached hydrogen (secondary N) is 1. The number of benzene rings is 3. The van der Waals surface area contributed by atoms with Gasteiger partial charge in [-0.15, -0.1) is 11.3 Å². The van der Waals surface area contributed by atoms with Gasteiger partial charge in [0.2, 0.25) is 0 Å². The number of nitrogens with zero attached hydrogens (tertiary/aromatic N) is 1. The first kappa shape index (κ1) is 18.2. The van der Waals surface area contributed by atoms with Crippen molar-refractivity contribution in [2.45, 2.75) is 13.3 Å². The first-order chi connectivity index (χ1) is 13.7. The molecule has 5 heteroatoms. The molecule has 0 aliphatic rings. The smallest absolute Gasteiger partial charge is 0.255 e. The summed E-state index contributed by atoms with van der Waals surface area (Å²) in [5, 5.41) is 3.91. The lowest BCUT2D eigenvalue weighted by Crippen LogP contribution is -2.12. The Bertz CT molecular complexity index is 1070. The van der Waals surface area contributed by atoms with Crippen molar-refractivity contribution < 1.29 is 9.53 Å². The van der Waals surface area contributed by atoms with E-state index in [-0.39, 0.29) is 5.91 Å². The monoisotopic (exact) mass is 388 g/mol. The third kappa shape index (κ3) is 3.89. The molecule has 0 saturated heterocycles. The fourth-order valence-corrected chi connectivity index (χ4v) is 3.89. The van der Waals surface area contributed by atoms with E-state index in [0.717, 1.165) is 38.6 Å². The van der Waals surface area contributed by atoms with Crippen molar-refractivity contribution in [1.82, 2.24) is 4.98 Å². The van der Waals surface area contributed by atoms with E-state index in [0.29, 0.717) is 12.2 Å². The van der Waals surface area contributed by atoms with Gasteiger partial charge in [0, 0.05) is 11.1 Å². The lowest BCUT2D eigenvalue weighted by Gasteiger charge is -2.10. The van der Waals surface area contributed by atoms with Crippen LogP contribution in [0.25, 0.3) is 20.8 Å². The van der Waals surface area contributed by atoms with E-state index in [4.69, 9.17) is 9.72 Å². The predicted molar refractivity (Wildman–Crippen MR) is 115 cm³/mol. The molecule has 28 heavy (non-hydrogen) atoms. The maximum absolute atomic E-state index is 12.7. The van der Waals surface area contributed by atoms with Crippen molar-refractivity contribution >= 4 is 33.1 Å². The van der Waals surface area contributed by atoms with Crippen LogP contribution >= 0.6 is 11.3 Å². The van der Waals surface area contributed by atoms with Crippen LogP contribution in [-0.4, -0.2) is 17.5 Å². The number of hydrogen-bond acceptors (Lipinski definition) is 4. The number of amides is 1. The number of thiazole rings is 1. The number of hydrogen-bond donors (Lipinski definition) is 1. The normalized spacial score (nSPS) is 10.8. The minimum Gasteiger partial charge on any atom is -0.494 e. The van der Waals surface area contributed by atoms with Crippen molar-refractivity contribution in [1.29, 1.82) is 0 Å². The van der Waals surface area contributed by atoms with E-state index < -0.39 is 0 Å². The maximum Gasteiger partial charge on any atom is 0.255 e. The minimum atomic E-state index is -0.157. The number of ether oxygens (including phenoxy) is 1. The van der Waals surface area contributed by atoms with Gasteiger partial charge in [0.05, 0.1) is 22.5 Å². The Morgan fingerprint density at radius 2 is 1.75 bits per heavy atom. The van der Waals surface area contributed by atoms with Gasteiger partial charge in [-0.25, -0.2) is 4.98 Å². The van der Waals surface area contributed by atoms with E-state index >= 15 is 0 Å². The van der Waals surface area contributed by atoms with Crippen molar-refractivity contribution in [3.63, 3.8) is 0 Å². The Hall–Kier alpha value is -3.18. The first-order valence-electron chi connectivity index (χ1n) is 9.24. The summed E-state index contributed by atoms with van der Waals surface area (Å²) < 4.78 is 6.70. The molecule has 0 fully saturated rings. The van der Waals surface area contributed by atoms with E-state index in [1.165, 1.54) is 0 Å². The van der Waals surface area contributed by atoms with Crippen molar-refractivity contribution in [2.24, 2.45) is 0 Å². The summed E-state index contributed by atoms with van der Waals surface area (Å²) in [5.41, 5.74) is 3.21. The van der Waals surface area contributed by atoms with Gasteiger partial charge in [-0.05, 0) is 55.0 Å². The molecule has 140 valence electrons. The summed E-state index contributed by atoms with van der Waals surface area (Å²) in [6.45, 7) is 2.73. The molecule has 0 bridgehead atoms. The molecule has 1 amide bonds. The Balaban J connectivity index is 1.57. The van der Waals surface area contributed by atoms with E-state index in [9.17, 15) is 4.79 Å². The number of fused-ring (bicyclic) bond motifs is 1. The van der Waals surface area contributed by atoms with E-state index in [1.54, 1.807) is 23.5 Å². The zero-order valence-corrected chi connectivity index (χ0v) is 16.3. The van der Waals surface area contributed by atoms with Crippen molar-refractivity contribution in [2.75, 3.05) is 11.9 Å². The highest BCUT2D eigenvalue weighted by molar-refractivity contribution is 7.21. The zero-order valence-electron chi connectivity index (χ0n) is 15.5. The average molecular weight is 388 g/mol. The number of aromatic nitrogens is 1. The van der Waals surface area contributed by atoms with Crippen LogP contribution in [0.2, 0.25) is 0 Å². The Morgan fingerprint density at radius 1 is 1.00 bits per heavy atom. The highest BCUT2D eigenvalue weighted by Gasteiger charge is 2.13. The fourth-order valence-electron chi connectivity index (χ4n) is 2.88. The van der Waals surface area contributed by atoms with Crippen molar-refractivity contribution in [3.8, 4) is 16.3 Å². The standard InChI is InChI=1S/C23H20N2O2S/c1-2-15-27-17-13-11-16(12-14-17)22(26)24-19-8-4-3-7-18(19)23-25-20-9-5-6-10-21(20)28-23/h3-14H,2,15H2,1H3,(H,24,26). The van der Waals surface area contributed by atoms with Crippen LogP contribution in [0.4, 0.5) is 5.69 Å². The fraction of sp³-hybridized carbons (Fsp3) is 0.130. The molecule has 0 aliphatic carbocycles. The summed E-state index contributed by atoms with van der Waals surface area (Å²) >= 11 is 1.62. The van der Waals surface area contributed by atoms with Gasteiger partial charge in [0.15, 0.2) is 0 Å². The first-order valence-corrected chi connectivity index (χ1v) is 10.1. The van der Waals surface area contributed by atoms with Gasteiger partial charge in [0.25, 0.3) is 5.91 Å². The highest BCUT2D eigenvalue weighted by atomic mass is 32.1. The molecule has 4 aromatic rings. The Kier molecular flexibility index (Phi) is 5.35. The molecule has 0 atom stereocenters. The van der Waals surface area contributed by atoms with Gasteiger partial charge >= 0.3 is 0 Å². The molecular formula is C23H20N2O2S. The molecule has 0 unspecified atom stereocenters. The van der Waals surface area contributed by atoms with Gasteiger partial charge in [-0.2, -0.15) is 0 Å². The van der Waals surface area contributed by atoms with Gasteiger partial charge in [0.1, 0.15) is 10.8 Å². The molecular weight excluding hydrogens is 368 g/mol. The molecule has 0 saturated carbocycles. The third-order valence-electron chi connectivity index (χ3n) is 4.29. The van der Waals surface area contributed by atoms with Crippen LogP contribution in [0, 0.1) is 0 Å². The second-order valence-corrected chi connectivity index (χ2v) is 7.39. The van der Waals surface area contributed by atoms with Gasteiger partial charge in [-0.3, -0.25) is 4.79 Å². The van der Waals surface area contributed by atoms with Crippen LogP contribution in [0.15, 0.2) is 72.8 Å². The van der Waals surface area contributed by atoms with Crippen LogP contribution in [0.1, 0.15) is 23.7 Å². The number of para-hydroxylation sites is 2. The highest BCUT2D eigenvalue weighted by Crippen LogP contribution is 2.34. The van der Waals surface area contributed by atoms with Gasteiger partial charge < -0.3 is 10.1 Å². The molecule has 0 radical (unpaired) electrons. The number of rotatable bonds is 6. The summed E-state index contributed by atoms with van der Waals surface area (Å²) in [4.78, 5) is 17.4. The summed E-state index contributed by atoms with van der Waals surface area (Å²) in [7, 11) is 0. The summed E-state index contributed by atoms with van der Waals surface area (Å²) in [6, 6.07) is 23.0. The van der Waals surface area contributed by atoms with Crippen molar-refractivity contribution in [3.05, 3.63) is 78.4 Å². The molecule has 1 N–H and O–H groups in total. The number of anilines is 1. The largest absolute Gasteiger partial charge is 0.494 e. The Morgan fingerprint density at radius 3 is 2.54 bits per heavy atom. The molecule has 4 nitrogen and oxygen atoms in total. The second kappa shape index (κ2) is 8.23. The minimum absolute atomic E-state index is 0.157. The number of carbonyl (C=O) groups is 1. The molecule has 3 aromatic carbocycles. The van der Waals surface area contributed by atoms with Crippen LogP contribution < -0.4 is 10.1 Å². The van der Waals surface area contributed by atoms with Crippen LogP contribution in [0.5, 0.6) is 5.75 Å². The molecule has 4 rings (SSSR count). The lowest BCUT2D eigenvalue weighted by molar-refractivity contribution is 0.102. The van der Waals surface area contributed by atoms with E-state index in [1.807, 2.05) is 54.6 Å². The molecule has 0 spiro atoms. The molecule has 0 aliphatic heterocycles. The zero-order chi connectivity index (χ0) is 19.3. The van der Waals surface area contributed by atoms with Gasteiger partial charge in [-0.1, -0.05) is 31.2 Å². The topological polar surface area (TPSA) is 51.2 Å². The summed E-state index contributed by atoms with van der Waals surface area (Å²) in [5.74, 6) is 0.615. The van der Waals surface area contributed by atoms with Crippen LogP contribution in [-0.2, 0) is 0 Å². The SMILES string of the molecule is CCCOc1ccc(C(=O)Nc2ccccc2-c2nc3ccccc3s2)cc1. The third-order valence-corrected chi connectivity index (χ3v) is 5.36. The number of carbonyl (C=O) groups excluding carboxylic acids is 1. The van der Waals surface area contributed by atoms with E-state index in [2.05, 4.69) is 18.3 Å². The predicted octanol–water partition coefficient (Wildman–Crippen LogP) is 6.00. The quantitative estimate of drug-likeness (QED) is 0.440. The molecule has 1 heterocycles.